The molecule has 2 aromatic carbocycles. The summed E-state index contributed by atoms with van der Waals surface area (Å²) in [6.07, 6.45) is -0.345. The monoisotopic (exact) mass is 430 g/mol. The summed E-state index contributed by atoms with van der Waals surface area (Å²) in [6, 6.07) is 13.1. The highest BCUT2D eigenvalue weighted by Crippen LogP contribution is 2.22. The van der Waals surface area contributed by atoms with Crippen molar-refractivity contribution in [2.24, 2.45) is 0 Å². The van der Waals surface area contributed by atoms with Crippen molar-refractivity contribution in [2.75, 3.05) is 23.7 Å². The molecule has 0 saturated carbocycles. The van der Waals surface area contributed by atoms with Gasteiger partial charge in [-0.25, -0.2) is 8.42 Å². The first kappa shape index (κ1) is 21.5. The van der Waals surface area contributed by atoms with Crippen LogP contribution in [0.1, 0.15) is 13.3 Å². The van der Waals surface area contributed by atoms with Gasteiger partial charge in [-0.1, -0.05) is 24.3 Å². The van der Waals surface area contributed by atoms with Crippen LogP contribution in [0.5, 0.6) is 0 Å². The Kier molecular flexibility index (Phi) is 6.48. The number of nitrogens with one attached hydrogen (secondary N) is 3. The van der Waals surface area contributed by atoms with Crippen LogP contribution in [0.2, 0.25) is 0 Å². The van der Waals surface area contributed by atoms with Gasteiger partial charge < -0.3 is 16.0 Å². The molecule has 0 radical (unpaired) electrons. The number of sulfonamides is 1. The lowest BCUT2D eigenvalue weighted by molar-refractivity contribution is -0.130. The molecule has 1 saturated heterocycles. The van der Waals surface area contributed by atoms with Crippen LogP contribution in [0.25, 0.3) is 0 Å². The highest BCUT2D eigenvalue weighted by molar-refractivity contribution is 7.89. The van der Waals surface area contributed by atoms with E-state index in [1.54, 1.807) is 42.5 Å². The van der Waals surface area contributed by atoms with Gasteiger partial charge in [0, 0.05) is 31.4 Å². The van der Waals surface area contributed by atoms with E-state index < -0.39 is 27.9 Å². The summed E-state index contributed by atoms with van der Waals surface area (Å²) in [5.74, 6) is -1.30. The van der Waals surface area contributed by atoms with Gasteiger partial charge in [-0.2, -0.15) is 4.31 Å². The van der Waals surface area contributed by atoms with Crippen molar-refractivity contribution in [1.29, 1.82) is 0 Å². The average Bonchev–Trinajstić information content (AvgIpc) is 2.70. The summed E-state index contributed by atoms with van der Waals surface area (Å²) in [5.41, 5.74) is 0.920. The molecule has 0 bridgehead atoms. The Morgan fingerprint density at radius 3 is 2.40 bits per heavy atom. The van der Waals surface area contributed by atoms with E-state index in [0.717, 1.165) is 4.31 Å². The number of hydrogen-bond acceptors (Lipinski definition) is 5. The first-order valence-electron chi connectivity index (χ1n) is 9.29. The molecule has 1 fully saturated rings. The zero-order valence-corrected chi connectivity index (χ0v) is 17.1. The molecule has 1 atom stereocenters. The summed E-state index contributed by atoms with van der Waals surface area (Å²) in [4.78, 5) is 36.2. The van der Waals surface area contributed by atoms with E-state index in [2.05, 4.69) is 16.0 Å². The van der Waals surface area contributed by atoms with E-state index in [1.807, 2.05) is 0 Å². The van der Waals surface area contributed by atoms with Crippen molar-refractivity contribution in [1.82, 2.24) is 9.62 Å². The van der Waals surface area contributed by atoms with Gasteiger partial charge in [0.15, 0.2) is 0 Å². The molecule has 0 aliphatic carbocycles. The Morgan fingerprint density at radius 2 is 1.73 bits per heavy atom. The predicted molar refractivity (Wildman–Crippen MR) is 111 cm³/mol. The average molecular weight is 430 g/mol. The van der Waals surface area contributed by atoms with Crippen molar-refractivity contribution in [3.63, 3.8) is 0 Å². The Balaban J connectivity index is 1.76. The smallest absolute Gasteiger partial charge is 0.243 e. The third-order valence-electron chi connectivity index (χ3n) is 4.48. The molecular weight excluding hydrogens is 408 g/mol. The maximum Gasteiger partial charge on any atom is 0.243 e. The van der Waals surface area contributed by atoms with Crippen molar-refractivity contribution < 1.29 is 22.8 Å². The molecule has 2 aromatic rings. The molecule has 3 rings (SSSR count). The Bertz CT molecular complexity index is 1060. The first-order chi connectivity index (χ1) is 14.3. The zero-order valence-electron chi connectivity index (χ0n) is 16.3. The molecule has 1 aliphatic heterocycles. The quantitative estimate of drug-likeness (QED) is 0.634. The second kappa shape index (κ2) is 9.06. The number of amides is 3. The molecule has 30 heavy (non-hydrogen) atoms. The number of hydrogen-bond donors (Lipinski definition) is 3. The maximum atomic E-state index is 13.0. The van der Waals surface area contributed by atoms with Gasteiger partial charge in [-0.05, 0) is 30.3 Å². The van der Waals surface area contributed by atoms with Crippen LogP contribution in [-0.2, 0) is 24.4 Å². The van der Waals surface area contributed by atoms with Gasteiger partial charge in [0.05, 0.1) is 11.3 Å². The van der Waals surface area contributed by atoms with Crippen LogP contribution in [0.15, 0.2) is 59.5 Å². The van der Waals surface area contributed by atoms with Crippen molar-refractivity contribution in [3.05, 3.63) is 54.6 Å². The third kappa shape index (κ3) is 5.02. The maximum absolute atomic E-state index is 13.0. The van der Waals surface area contributed by atoms with Crippen LogP contribution in [0.3, 0.4) is 0 Å². The van der Waals surface area contributed by atoms with Crippen LogP contribution in [0.4, 0.5) is 11.4 Å². The third-order valence-corrected chi connectivity index (χ3v) is 6.40. The number of nitrogens with zero attached hydrogens (tertiary/aromatic N) is 1. The van der Waals surface area contributed by atoms with Gasteiger partial charge in [-0.15, -0.1) is 0 Å². The highest BCUT2D eigenvalue weighted by Gasteiger charge is 2.39. The van der Waals surface area contributed by atoms with Crippen molar-refractivity contribution in [3.8, 4) is 0 Å². The summed E-state index contributed by atoms with van der Waals surface area (Å²) in [7, 11) is -3.94. The Labute approximate surface area is 174 Å². The van der Waals surface area contributed by atoms with E-state index in [4.69, 9.17) is 0 Å². The molecule has 0 aromatic heterocycles. The lowest BCUT2D eigenvalue weighted by atomic mass is 10.1. The number of carbonyl (C=O) groups is 3. The molecule has 9 nitrogen and oxygen atoms in total. The second-order valence-electron chi connectivity index (χ2n) is 6.75. The van der Waals surface area contributed by atoms with Crippen molar-refractivity contribution in [2.45, 2.75) is 24.3 Å². The van der Waals surface area contributed by atoms with Gasteiger partial charge >= 0.3 is 0 Å². The largest absolute Gasteiger partial charge is 0.353 e. The van der Waals surface area contributed by atoms with Crippen LogP contribution in [-0.4, -0.2) is 49.6 Å². The lowest BCUT2D eigenvalue weighted by Gasteiger charge is -2.33. The molecule has 0 spiro atoms. The fourth-order valence-corrected chi connectivity index (χ4v) is 4.78. The molecule has 3 N–H and O–H groups in total. The number of carbonyl (C=O) groups excluding carboxylic acids is 3. The number of benzene rings is 2. The first-order valence-corrected chi connectivity index (χ1v) is 10.7. The van der Waals surface area contributed by atoms with E-state index in [-0.39, 0.29) is 30.3 Å². The zero-order chi connectivity index (χ0) is 21.7. The predicted octanol–water partition coefficient (Wildman–Crippen LogP) is 1.16. The molecule has 1 heterocycles. The summed E-state index contributed by atoms with van der Waals surface area (Å²) < 4.78 is 27.1. The van der Waals surface area contributed by atoms with E-state index >= 15 is 0 Å². The molecule has 3 amide bonds. The summed E-state index contributed by atoms with van der Waals surface area (Å²) in [6.45, 7) is 1.61. The Hall–Kier alpha value is -3.24. The van der Waals surface area contributed by atoms with Crippen molar-refractivity contribution >= 4 is 39.1 Å². The summed E-state index contributed by atoms with van der Waals surface area (Å²) >= 11 is 0. The minimum absolute atomic E-state index is 0.0631. The molecule has 0 unspecified atom stereocenters. The van der Waals surface area contributed by atoms with Crippen LogP contribution in [0, 0.1) is 0 Å². The van der Waals surface area contributed by atoms with E-state index in [1.165, 1.54) is 19.1 Å². The Morgan fingerprint density at radius 1 is 1.07 bits per heavy atom. The number of rotatable bonds is 6. The fourth-order valence-electron chi connectivity index (χ4n) is 3.17. The lowest BCUT2D eigenvalue weighted by Crippen LogP contribution is -2.57. The number of anilines is 2. The minimum Gasteiger partial charge on any atom is -0.353 e. The standard InChI is InChI=1S/C20H22N4O5S/c1-14(25)22-15-6-5-7-16(12-15)23-19(26)13-18-20(27)21-10-11-24(18)30(28,29)17-8-3-2-4-9-17/h2-9,12,18H,10-11,13H2,1H3,(H,21,27)(H,22,25)(H,23,26)/t18-/m0/s1. The van der Waals surface area contributed by atoms with Gasteiger partial charge in [0.1, 0.15) is 6.04 Å². The highest BCUT2D eigenvalue weighted by atomic mass is 32.2. The molecule has 1 aliphatic rings. The molecule has 10 heteroatoms. The normalized spacial score (nSPS) is 17.1. The second-order valence-corrected chi connectivity index (χ2v) is 8.64. The SMILES string of the molecule is CC(=O)Nc1cccc(NC(=O)C[C@H]2C(=O)NCCN2S(=O)(=O)c2ccccc2)c1. The van der Waals surface area contributed by atoms with Gasteiger partial charge in [-0.3, -0.25) is 14.4 Å². The van der Waals surface area contributed by atoms with Gasteiger partial charge in [0.25, 0.3) is 0 Å². The summed E-state index contributed by atoms with van der Waals surface area (Å²) in [5, 5.41) is 7.87. The van der Waals surface area contributed by atoms with Gasteiger partial charge in [0.2, 0.25) is 27.7 Å². The topological polar surface area (TPSA) is 125 Å². The number of piperazine rings is 1. The fraction of sp³-hybridized carbons (Fsp3) is 0.250. The van der Waals surface area contributed by atoms with E-state index in [0.29, 0.717) is 11.4 Å². The minimum atomic E-state index is -3.94. The van der Waals surface area contributed by atoms with Crippen LogP contribution < -0.4 is 16.0 Å². The van der Waals surface area contributed by atoms with Crippen LogP contribution >= 0.6 is 0 Å². The van der Waals surface area contributed by atoms with E-state index in [9.17, 15) is 22.8 Å². The molecule has 158 valence electrons. The molecular formula is C20H22N4O5S.